The van der Waals surface area contributed by atoms with Crippen LogP contribution in [0.4, 0.5) is 4.79 Å². The van der Waals surface area contributed by atoms with Crippen LogP contribution in [0.5, 0.6) is 0 Å². The summed E-state index contributed by atoms with van der Waals surface area (Å²) in [4.78, 5) is 8.56. The van der Waals surface area contributed by atoms with Crippen molar-refractivity contribution in [1.29, 1.82) is 0 Å². The monoisotopic (exact) mass is 190 g/mol. The summed E-state index contributed by atoms with van der Waals surface area (Å²) in [6, 6.07) is 0. The maximum absolute atomic E-state index is 8.56. The maximum Gasteiger partial charge on any atom is 1.00 e. The van der Waals surface area contributed by atoms with Gasteiger partial charge in [0.2, 0.25) is 0 Å². The average molecular weight is 190 g/mol. The average Bonchev–Trinajstić information content (AvgIpc) is 1.66. The topological polar surface area (TPSA) is 57.5 Å². The van der Waals surface area contributed by atoms with E-state index in [1.54, 1.807) is 6.08 Å². The zero-order valence-electron chi connectivity index (χ0n) is 5.61. The van der Waals surface area contributed by atoms with Gasteiger partial charge in [0.1, 0.15) is 0 Å². The Hall–Kier alpha value is 0.710. The molecule has 6 heteroatoms. The quantitative estimate of drug-likeness (QED) is 0.242. The number of rotatable bonds is 2. The van der Waals surface area contributed by atoms with E-state index in [1.807, 2.05) is 0 Å². The standard InChI is InChI=1S/C3H6S2.CH2O3.Na/c1-2-3-5-4;2-1(3)4;/h2,4H,1,3H2;(H2,2,3,4);/q;;+1/p-1. The molecule has 0 aliphatic carbocycles. The van der Waals surface area contributed by atoms with Gasteiger partial charge in [-0.1, -0.05) is 6.08 Å². The van der Waals surface area contributed by atoms with E-state index in [1.165, 1.54) is 10.8 Å². The second kappa shape index (κ2) is 16.4. The number of carboxylic acid groups (broad SMARTS) is 2. The van der Waals surface area contributed by atoms with Gasteiger partial charge >= 0.3 is 35.7 Å². The van der Waals surface area contributed by atoms with Crippen LogP contribution in [0.3, 0.4) is 0 Å². The molecular formula is C4H7NaO3S2. The summed E-state index contributed by atoms with van der Waals surface area (Å²) < 4.78 is 0. The predicted molar refractivity (Wildman–Crippen MR) is 40.7 cm³/mol. The van der Waals surface area contributed by atoms with E-state index in [-0.39, 0.29) is 29.6 Å². The first-order chi connectivity index (χ1) is 4.15. The van der Waals surface area contributed by atoms with Crippen LogP contribution < -0.4 is 29.6 Å². The number of carbonyl (C=O) groups is 1. The van der Waals surface area contributed by atoms with E-state index in [0.717, 1.165) is 5.75 Å². The van der Waals surface area contributed by atoms with Crippen molar-refractivity contribution in [2.45, 2.75) is 0 Å². The van der Waals surface area contributed by atoms with Gasteiger partial charge in [-0.3, -0.25) is 0 Å². The Morgan fingerprint density at radius 2 is 2.00 bits per heavy atom. The molecule has 2 N–H and O–H groups in total. The van der Waals surface area contributed by atoms with Crippen LogP contribution >= 0.6 is 10.8 Å². The third-order valence-electron chi connectivity index (χ3n) is 0.186. The SMILES string of the molecule is C=CCS[S-].O=C(O)O.[Na+]. The minimum absolute atomic E-state index is 0. The van der Waals surface area contributed by atoms with Crippen molar-refractivity contribution >= 4 is 28.6 Å². The fourth-order valence-electron chi connectivity index (χ4n) is 0.0481. The van der Waals surface area contributed by atoms with Crippen LogP contribution in [-0.2, 0) is 11.7 Å². The normalized spacial score (nSPS) is 6.10. The Morgan fingerprint density at radius 3 is 2.00 bits per heavy atom. The van der Waals surface area contributed by atoms with Crippen LogP contribution in [0.25, 0.3) is 0 Å². The van der Waals surface area contributed by atoms with Gasteiger partial charge in [0.15, 0.2) is 0 Å². The summed E-state index contributed by atoms with van der Waals surface area (Å²) in [7, 11) is 1.37. The van der Waals surface area contributed by atoms with Gasteiger partial charge in [-0.15, -0.1) is 6.58 Å². The third kappa shape index (κ3) is 70.5. The summed E-state index contributed by atoms with van der Waals surface area (Å²) in [5, 5.41) is 13.9. The Labute approximate surface area is 91.0 Å². The molecule has 0 aliphatic rings. The van der Waals surface area contributed by atoms with E-state index >= 15 is 0 Å². The van der Waals surface area contributed by atoms with E-state index in [0.29, 0.717) is 0 Å². The van der Waals surface area contributed by atoms with Crippen LogP contribution in [0.15, 0.2) is 12.7 Å². The van der Waals surface area contributed by atoms with Crippen molar-refractivity contribution in [3.8, 4) is 0 Å². The second-order valence-electron chi connectivity index (χ2n) is 0.856. The first-order valence-corrected chi connectivity index (χ1v) is 3.83. The molecule has 3 nitrogen and oxygen atoms in total. The molecule has 0 aromatic carbocycles. The zero-order valence-corrected chi connectivity index (χ0v) is 9.24. The molecule has 0 bridgehead atoms. The Kier molecular flexibility index (Phi) is 27.8. The fourth-order valence-corrected chi connectivity index (χ4v) is 0.433. The van der Waals surface area contributed by atoms with Crippen molar-refractivity contribution in [3.05, 3.63) is 12.7 Å². The Morgan fingerprint density at radius 1 is 1.70 bits per heavy atom. The molecule has 0 fully saturated rings. The Balaban J connectivity index is -0.0000000910. The predicted octanol–water partition coefficient (Wildman–Crippen LogP) is -1.41. The van der Waals surface area contributed by atoms with E-state index in [9.17, 15) is 0 Å². The van der Waals surface area contributed by atoms with E-state index < -0.39 is 6.16 Å². The zero-order chi connectivity index (χ0) is 7.70. The van der Waals surface area contributed by atoms with Crippen LogP contribution in [0.1, 0.15) is 0 Å². The van der Waals surface area contributed by atoms with Crippen LogP contribution in [0.2, 0.25) is 0 Å². The van der Waals surface area contributed by atoms with Gasteiger partial charge in [-0.25, -0.2) is 4.79 Å². The van der Waals surface area contributed by atoms with Gasteiger partial charge in [-0.05, 0) is 5.75 Å². The molecule has 0 spiro atoms. The summed E-state index contributed by atoms with van der Waals surface area (Å²) in [5.41, 5.74) is 0. The van der Waals surface area contributed by atoms with Gasteiger partial charge in [0, 0.05) is 0 Å². The molecule has 0 aromatic heterocycles. The molecule has 0 radical (unpaired) electrons. The molecule has 0 aromatic rings. The second-order valence-corrected chi connectivity index (χ2v) is 2.13. The van der Waals surface area contributed by atoms with Gasteiger partial charge < -0.3 is 32.7 Å². The molecule has 0 saturated heterocycles. The van der Waals surface area contributed by atoms with Gasteiger partial charge in [-0.2, -0.15) is 0 Å². The molecule has 0 aliphatic heterocycles. The molecule has 0 atom stereocenters. The minimum atomic E-state index is -1.83. The molecule has 0 amide bonds. The van der Waals surface area contributed by atoms with Gasteiger partial charge in [0.05, 0.1) is 0 Å². The van der Waals surface area contributed by atoms with E-state index in [4.69, 9.17) is 15.0 Å². The van der Waals surface area contributed by atoms with Crippen LogP contribution in [0, 0.1) is 0 Å². The molecule has 0 unspecified atom stereocenters. The Bertz CT molecular complexity index is 84.6. The van der Waals surface area contributed by atoms with Crippen molar-refractivity contribution in [2.24, 2.45) is 0 Å². The summed E-state index contributed by atoms with van der Waals surface area (Å²) in [6.45, 7) is 3.46. The summed E-state index contributed by atoms with van der Waals surface area (Å²) >= 11 is 4.50. The number of hydrogen-bond acceptors (Lipinski definition) is 3. The molecule has 0 rings (SSSR count). The molecule has 54 valence electrons. The van der Waals surface area contributed by atoms with Crippen LogP contribution in [-0.4, -0.2) is 22.1 Å². The van der Waals surface area contributed by atoms with Crippen molar-refractivity contribution in [1.82, 2.24) is 0 Å². The first kappa shape index (κ1) is 17.0. The first-order valence-electron chi connectivity index (χ1n) is 1.92. The molecular weight excluding hydrogens is 183 g/mol. The molecule has 0 saturated carbocycles. The smallest absolute Gasteiger partial charge is 0.719 e. The van der Waals surface area contributed by atoms with E-state index in [2.05, 4.69) is 18.2 Å². The molecule has 10 heavy (non-hydrogen) atoms. The fraction of sp³-hybridized carbons (Fsp3) is 0.250. The van der Waals surface area contributed by atoms with Crippen molar-refractivity contribution in [2.75, 3.05) is 5.75 Å². The number of hydrogen-bond donors (Lipinski definition) is 2. The largest absolute Gasteiger partial charge is 1.00 e. The van der Waals surface area contributed by atoms with Gasteiger partial charge in [0.25, 0.3) is 0 Å². The van der Waals surface area contributed by atoms with Crippen molar-refractivity contribution < 1.29 is 44.6 Å². The maximum atomic E-state index is 8.56. The summed E-state index contributed by atoms with van der Waals surface area (Å²) in [6.07, 6.45) is -0.0440. The molecule has 0 heterocycles. The minimum Gasteiger partial charge on any atom is -0.719 e. The van der Waals surface area contributed by atoms with Crippen molar-refractivity contribution in [3.63, 3.8) is 0 Å². The third-order valence-corrected chi connectivity index (χ3v) is 0.966. The summed E-state index contributed by atoms with van der Waals surface area (Å²) in [5.74, 6) is 0.884.